The molecule has 0 bridgehead atoms. The lowest BCUT2D eigenvalue weighted by Gasteiger charge is -2.36. The number of carbonyl (C=O) groups is 1. The van der Waals surface area contributed by atoms with E-state index in [1.54, 1.807) is 23.1 Å². The number of nitrogens with two attached hydrogens (primary N) is 1. The molecule has 0 atom stereocenters. The number of primary sulfonamides is 1. The van der Waals surface area contributed by atoms with Crippen molar-refractivity contribution in [1.82, 2.24) is 4.90 Å². The van der Waals surface area contributed by atoms with E-state index in [1.165, 1.54) is 24.3 Å². The van der Waals surface area contributed by atoms with Gasteiger partial charge in [0.05, 0.1) is 30.1 Å². The molecule has 0 spiro atoms. The fraction of sp³-hybridized carbons (Fsp3) is 0.417. The molecular weight excluding hydrogens is 475 g/mol. The van der Waals surface area contributed by atoms with Gasteiger partial charge in [-0.25, -0.2) is 17.9 Å². The second-order valence-electron chi connectivity index (χ2n) is 8.56. The number of amides is 1. The normalized spacial score (nSPS) is 17.2. The van der Waals surface area contributed by atoms with Crippen LogP contribution in [-0.4, -0.2) is 64.7 Å². The Balaban J connectivity index is 1.45. The first kappa shape index (κ1) is 24.9. The first-order valence-electron chi connectivity index (χ1n) is 11.4. The molecular formula is C24H27FN4O5S. The van der Waals surface area contributed by atoms with Gasteiger partial charge in [0.2, 0.25) is 15.9 Å². The molecule has 2 aromatic rings. The summed E-state index contributed by atoms with van der Waals surface area (Å²) in [6, 6.07) is 10.6. The largest absolute Gasteiger partial charge is 0.490 e. The summed E-state index contributed by atoms with van der Waals surface area (Å²) in [7, 11) is -3.94. The van der Waals surface area contributed by atoms with Crippen molar-refractivity contribution in [2.75, 3.05) is 44.3 Å². The molecule has 0 saturated carbocycles. The predicted molar refractivity (Wildman–Crippen MR) is 126 cm³/mol. The summed E-state index contributed by atoms with van der Waals surface area (Å²) in [4.78, 5) is 16.7. The van der Waals surface area contributed by atoms with Gasteiger partial charge in [0.25, 0.3) is 0 Å². The van der Waals surface area contributed by atoms with E-state index in [9.17, 15) is 17.6 Å². The first-order chi connectivity index (χ1) is 16.7. The number of anilines is 1. The quantitative estimate of drug-likeness (QED) is 0.638. The van der Waals surface area contributed by atoms with Gasteiger partial charge < -0.3 is 19.3 Å². The molecule has 11 heteroatoms. The Bertz CT molecular complexity index is 1230. The van der Waals surface area contributed by atoms with E-state index in [-0.39, 0.29) is 28.9 Å². The van der Waals surface area contributed by atoms with Crippen molar-refractivity contribution in [1.29, 1.82) is 5.26 Å². The standard InChI is InChI=1S/C24H27FN4O5S/c25-22-15-19(2-1-17(22)16-26)28-7-9-29(10-8-28)24(30)14-18-13-21(35(27,31)32)3-4-23(18)34-20-5-11-33-12-6-20/h1-4,13,15,20H,5-12,14H2,(H2,27,31,32). The van der Waals surface area contributed by atoms with Crippen LogP contribution in [0.3, 0.4) is 0 Å². The zero-order valence-electron chi connectivity index (χ0n) is 19.2. The first-order valence-corrected chi connectivity index (χ1v) is 12.9. The smallest absolute Gasteiger partial charge is 0.238 e. The van der Waals surface area contributed by atoms with Gasteiger partial charge in [-0.15, -0.1) is 0 Å². The summed E-state index contributed by atoms with van der Waals surface area (Å²) in [6.07, 6.45) is 1.31. The average molecular weight is 503 g/mol. The third-order valence-electron chi connectivity index (χ3n) is 6.23. The lowest BCUT2D eigenvalue weighted by Crippen LogP contribution is -2.49. The predicted octanol–water partition coefficient (Wildman–Crippen LogP) is 1.79. The Morgan fingerprint density at radius 2 is 1.86 bits per heavy atom. The number of rotatable bonds is 6. The monoisotopic (exact) mass is 502 g/mol. The van der Waals surface area contributed by atoms with E-state index in [0.29, 0.717) is 69.2 Å². The summed E-state index contributed by atoms with van der Waals surface area (Å²) < 4.78 is 49.2. The van der Waals surface area contributed by atoms with Crippen LogP contribution in [0.5, 0.6) is 5.75 Å². The van der Waals surface area contributed by atoms with Gasteiger partial charge in [0.1, 0.15) is 23.7 Å². The highest BCUT2D eigenvalue weighted by Gasteiger charge is 2.25. The minimum absolute atomic E-state index is 0.0111. The summed E-state index contributed by atoms with van der Waals surface area (Å²) in [5.74, 6) is -0.279. The highest BCUT2D eigenvalue weighted by Crippen LogP contribution is 2.27. The van der Waals surface area contributed by atoms with Crippen molar-refractivity contribution < 1.29 is 27.1 Å². The van der Waals surface area contributed by atoms with Gasteiger partial charge in [-0.1, -0.05) is 0 Å². The lowest BCUT2D eigenvalue weighted by atomic mass is 10.1. The van der Waals surface area contributed by atoms with Gasteiger partial charge in [-0.2, -0.15) is 5.26 Å². The maximum atomic E-state index is 14.0. The highest BCUT2D eigenvalue weighted by molar-refractivity contribution is 7.89. The SMILES string of the molecule is N#Cc1ccc(N2CCN(C(=O)Cc3cc(S(N)(=O)=O)ccc3OC3CCOCC3)CC2)cc1F. The van der Waals surface area contributed by atoms with Crippen LogP contribution in [0.25, 0.3) is 0 Å². The molecule has 1 amide bonds. The molecule has 2 aliphatic rings. The third kappa shape index (κ3) is 6.08. The summed E-state index contributed by atoms with van der Waals surface area (Å²) in [5.41, 5.74) is 1.11. The lowest BCUT2D eigenvalue weighted by molar-refractivity contribution is -0.130. The summed E-state index contributed by atoms with van der Waals surface area (Å²) in [5, 5.41) is 14.2. The van der Waals surface area contributed by atoms with Crippen molar-refractivity contribution in [3.05, 3.63) is 53.3 Å². The molecule has 2 N–H and O–H groups in total. The van der Waals surface area contributed by atoms with Crippen molar-refractivity contribution in [2.24, 2.45) is 5.14 Å². The second-order valence-corrected chi connectivity index (χ2v) is 10.1. The summed E-state index contributed by atoms with van der Waals surface area (Å²) >= 11 is 0. The topological polar surface area (TPSA) is 126 Å². The molecule has 186 valence electrons. The molecule has 2 aliphatic heterocycles. The van der Waals surface area contributed by atoms with Crippen molar-refractivity contribution >= 4 is 21.6 Å². The molecule has 0 aromatic heterocycles. The highest BCUT2D eigenvalue weighted by atomic mass is 32.2. The van der Waals surface area contributed by atoms with Crippen molar-refractivity contribution in [3.63, 3.8) is 0 Å². The number of hydrogen-bond donors (Lipinski definition) is 1. The number of ether oxygens (including phenoxy) is 2. The fourth-order valence-electron chi connectivity index (χ4n) is 4.24. The molecule has 4 rings (SSSR count). The van der Waals surface area contributed by atoms with Crippen LogP contribution in [0.2, 0.25) is 0 Å². The zero-order valence-corrected chi connectivity index (χ0v) is 20.0. The van der Waals surface area contributed by atoms with Crippen molar-refractivity contribution in [3.8, 4) is 11.8 Å². The molecule has 2 saturated heterocycles. The molecule has 0 radical (unpaired) electrons. The third-order valence-corrected chi connectivity index (χ3v) is 7.15. The van der Waals surface area contributed by atoms with Gasteiger partial charge in [-0.3, -0.25) is 4.79 Å². The number of sulfonamides is 1. The number of hydrogen-bond acceptors (Lipinski definition) is 7. The number of benzene rings is 2. The fourth-order valence-corrected chi connectivity index (χ4v) is 4.80. The van der Waals surface area contributed by atoms with E-state index < -0.39 is 15.8 Å². The van der Waals surface area contributed by atoms with Gasteiger partial charge in [0, 0.05) is 50.3 Å². The van der Waals surface area contributed by atoms with Crippen LogP contribution in [0.1, 0.15) is 24.0 Å². The second kappa shape index (κ2) is 10.6. The molecule has 2 fully saturated rings. The van der Waals surface area contributed by atoms with Crippen LogP contribution in [0, 0.1) is 17.1 Å². The molecule has 35 heavy (non-hydrogen) atoms. The maximum Gasteiger partial charge on any atom is 0.238 e. The van der Waals surface area contributed by atoms with Gasteiger partial charge in [0.15, 0.2) is 0 Å². The number of carbonyl (C=O) groups excluding carboxylic acids is 1. The van der Waals surface area contributed by atoms with Crippen LogP contribution in [0.4, 0.5) is 10.1 Å². The van der Waals surface area contributed by atoms with E-state index >= 15 is 0 Å². The summed E-state index contributed by atoms with van der Waals surface area (Å²) in [6.45, 7) is 3.01. The Labute approximate surface area is 203 Å². The number of halogens is 1. The van der Waals surface area contributed by atoms with E-state index in [0.717, 1.165) is 0 Å². The molecule has 2 heterocycles. The van der Waals surface area contributed by atoms with Crippen LogP contribution in [0.15, 0.2) is 41.3 Å². The van der Waals surface area contributed by atoms with Gasteiger partial charge in [-0.05, 0) is 36.4 Å². The number of piperazine rings is 1. The Morgan fingerprint density at radius 1 is 1.14 bits per heavy atom. The van der Waals surface area contributed by atoms with Crippen LogP contribution < -0.4 is 14.8 Å². The number of nitrogens with zero attached hydrogens (tertiary/aromatic N) is 3. The Morgan fingerprint density at radius 3 is 2.49 bits per heavy atom. The maximum absolute atomic E-state index is 14.0. The zero-order chi connectivity index (χ0) is 25.0. The van der Waals surface area contributed by atoms with Crippen LogP contribution >= 0.6 is 0 Å². The Hall–Kier alpha value is -3.20. The molecule has 9 nitrogen and oxygen atoms in total. The van der Waals surface area contributed by atoms with Crippen molar-refractivity contribution in [2.45, 2.75) is 30.3 Å². The number of nitriles is 1. The average Bonchev–Trinajstić information content (AvgIpc) is 2.85. The van der Waals surface area contributed by atoms with E-state index in [1.807, 2.05) is 4.90 Å². The van der Waals surface area contributed by atoms with E-state index in [2.05, 4.69) is 0 Å². The molecule has 0 aliphatic carbocycles. The van der Waals surface area contributed by atoms with Gasteiger partial charge >= 0.3 is 0 Å². The molecule has 2 aromatic carbocycles. The molecule has 0 unspecified atom stereocenters. The van der Waals surface area contributed by atoms with E-state index in [4.69, 9.17) is 19.9 Å². The van der Waals surface area contributed by atoms with Crippen LogP contribution in [-0.2, 0) is 26.0 Å². The Kier molecular flexibility index (Phi) is 7.54. The minimum atomic E-state index is -3.94. The minimum Gasteiger partial charge on any atom is -0.490 e.